The number of anilines is 3. The Morgan fingerprint density at radius 2 is 1.61 bits per heavy atom. The van der Waals surface area contributed by atoms with Gasteiger partial charge in [0.1, 0.15) is 5.82 Å². The van der Waals surface area contributed by atoms with Gasteiger partial charge in [0, 0.05) is 30.0 Å². The van der Waals surface area contributed by atoms with E-state index in [9.17, 15) is 8.42 Å². The highest BCUT2D eigenvalue weighted by Crippen LogP contribution is 2.40. The molecule has 1 aromatic heterocycles. The van der Waals surface area contributed by atoms with Gasteiger partial charge in [-0.2, -0.15) is 4.98 Å². The molecule has 7 nitrogen and oxygen atoms in total. The predicted octanol–water partition coefficient (Wildman–Crippen LogP) is 3.98. The number of hydrogen-bond acceptors (Lipinski definition) is 7. The van der Waals surface area contributed by atoms with Crippen LogP contribution < -0.4 is 16.8 Å². The van der Waals surface area contributed by atoms with Crippen molar-refractivity contribution in [3.8, 4) is 11.1 Å². The van der Waals surface area contributed by atoms with Crippen LogP contribution in [0, 0.1) is 0 Å². The normalized spacial score (nSPS) is 14.6. The number of sulfone groups is 1. The first kappa shape index (κ1) is 21.1. The molecule has 0 unspecified atom stereocenters. The highest BCUT2D eigenvalue weighted by Gasteiger charge is 2.24. The molecule has 162 valence electrons. The lowest BCUT2D eigenvalue weighted by molar-refractivity contribution is 0.602. The summed E-state index contributed by atoms with van der Waals surface area (Å²) in [6, 6.07) is 14.9. The van der Waals surface area contributed by atoms with E-state index in [0.717, 1.165) is 40.9 Å². The first-order chi connectivity index (χ1) is 14.8. The average Bonchev–Trinajstić information content (AvgIpc) is 3.27. The van der Waals surface area contributed by atoms with E-state index in [2.05, 4.69) is 15.3 Å². The van der Waals surface area contributed by atoms with Gasteiger partial charge in [0.05, 0.1) is 10.6 Å². The summed E-state index contributed by atoms with van der Waals surface area (Å²) in [5.41, 5.74) is 16.9. The van der Waals surface area contributed by atoms with Crippen LogP contribution in [0.4, 0.5) is 17.5 Å². The Labute approximate surface area is 182 Å². The molecule has 1 aliphatic carbocycles. The van der Waals surface area contributed by atoms with Gasteiger partial charge in [0.2, 0.25) is 5.95 Å². The van der Waals surface area contributed by atoms with Gasteiger partial charge in [-0.25, -0.2) is 13.4 Å². The fourth-order valence-corrected chi connectivity index (χ4v) is 4.75. The number of hydrogen-bond donors (Lipinski definition) is 3. The van der Waals surface area contributed by atoms with Crippen LogP contribution in [-0.2, 0) is 16.4 Å². The quantitative estimate of drug-likeness (QED) is 0.533. The largest absolute Gasteiger partial charge is 0.383 e. The molecule has 1 aliphatic rings. The molecule has 8 heteroatoms. The number of nitrogens with two attached hydrogens (primary N) is 2. The molecular formula is C23H27N5O2S. The van der Waals surface area contributed by atoms with E-state index in [0.29, 0.717) is 23.2 Å². The maximum absolute atomic E-state index is 11.6. The van der Waals surface area contributed by atoms with Crippen molar-refractivity contribution >= 4 is 27.3 Å². The third-order valence-corrected chi connectivity index (χ3v) is 6.87. The molecule has 0 spiro atoms. The number of nitrogens with one attached hydrogen (secondary N) is 1. The van der Waals surface area contributed by atoms with E-state index >= 15 is 0 Å². The summed E-state index contributed by atoms with van der Waals surface area (Å²) in [6.07, 6.45) is 5.80. The second-order valence-corrected chi connectivity index (χ2v) is 10.1. The number of aromatic nitrogens is 2. The van der Waals surface area contributed by atoms with Crippen molar-refractivity contribution in [2.45, 2.75) is 43.0 Å². The molecular weight excluding hydrogens is 410 g/mol. The van der Waals surface area contributed by atoms with Gasteiger partial charge >= 0.3 is 0 Å². The SMILES string of the molecule is CS(=O)(=O)c1ccc(CNc2ccc(-c3c(N)nc(N)nc3C3CCCC3)cc2)cc1. The zero-order valence-corrected chi connectivity index (χ0v) is 18.3. The summed E-state index contributed by atoms with van der Waals surface area (Å²) in [5.74, 6) is 1.01. The van der Waals surface area contributed by atoms with Crippen LogP contribution in [0.25, 0.3) is 11.1 Å². The minimum Gasteiger partial charge on any atom is -0.383 e. The highest BCUT2D eigenvalue weighted by molar-refractivity contribution is 7.90. The number of rotatable bonds is 6. The Bertz CT molecular complexity index is 1170. The zero-order valence-electron chi connectivity index (χ0n) is 17.5. The minimum atomic E-state index is -3.18. The van der Waals surface area contributed by atoms with Crippen molar-refractivity contribution in [2.75, 3.05) is 23.0 Å². The van der Waals surface area contributed by atoms with Gasteiger partial charge in [0.15, 0.2) is 9.84 Å². The number of benzene rings is 2. The van der Waals surface area contributed by atoms with Crippen molar-refractivity contribution < 1.29 is 8.42 Å². The second kappa shape index (κ2) is 8.55. The molecule has 2 aromatic carbocycles. The van der Waals surface area contributed by atoms with Crippen LogP contribution in [0.3, 0.4) is 0 Å². The fourth-order valence-electron chi connectivity index (χ4n) is 4.12. The summed E-state index contributed by atoms with van der Waals surface area (Å²) in [4.78, 5) is 9.06. The van der Waals surface area contributed by atoms with E-state index in [1.165, 1.54) is 19.1 Å². The van der Waals surface area contributed by atoms with Crippen LogP contribution in [0.2, 0.25) is 0 Å². The maximum Gasteiger partial charge on any atom is 0.222 e. The average molecular weight is 438 g/mol. The predicted molar refractivity (Wildman–Crippen MR) is 124 cm³/mol. The Hall–Kier alpha value is -3.13. The van der Waals surface area contributed by atoms with Gasteiger partial charge in [-0.05, 0) is 48.2 Å². The summed E-state index contributed by atoms with van der Waals surface area (Å²) < 4.78 is 23.2. The fraction of sp³-hybridized carbons (Fsp3) is 0.304. The van der Waals surface area contributed by atoms with Gasteiger partial charge in [-0.1, -0.05) is 37.1 Å². The van der Waals surface area contributed by atoms with Crippen molar-refractivity contribution in [2.24, 2.45) is 0 Å². The Morgan fingerprint density at radius 1 is 0.968 bits per heavy atom. The Morgan fingerprint density at radius 3 is 2.23 bits per heavy atom. The molecule has 0 atom stereocenters. The summed E-state index contributed by atoms with van der Waals surface area (Å²) >= 11 is 0. The molecule has 31 heavy (non-hydrogen) atoms. The summed E-state index contributed by atoms with van der Waals surface area (Å²) in [7, 11) is -3.18. The van der Waals surface area contributed by atoms with Gasteiger partial charge in [-0.15, -0.1) is 0 Å². The van der Waals surface area contributed by atoms with E-state index in [1.54, 1.807) is 12.1 Å². The summed E-state index contributed by atoms with van der Waals surface area (Å²) in [6.45, 7) is 0.587. The maximum atomic E-state index is 11.6. The molecule has 4 rings (SSSR count). The molecule has 1 heterocycles. The lowest BCUT2D eigenvalue weighted by atomic mass is 9.94. The molecule has 3 aromatic rings. The van der Waals surface area contributed by atoms with Crippen molar-refractivity contribution in [3.63, 3.8) is 0 Å². The molecule has 5 N–H and O–H groups in total. The minimum absolute atomic E-state index is 0.225. The summed E-state index contributed by atoms with van der Waals surface area (Å²) in [5, 5.41) is 3.36. The lowest BCUT2D eigenvalue weighted by Crippen LogP contribution is -2.09. The van der Waals surface area contributed by atoms with E-state index in [4.69, 9.17) is 11.5 Å². The van der Waals surface area contributed by atoms with Crippen LogP contribution in [-0.4, -0.2) is 24.6 Å². The Balaban J connectivity index is 1.51. The van der Waals surface area contributed by atoms with Crippen molar-refractivity contribution in [1.82, 2.24) is 9.97 Å². The van der Waals surface area contributed by atoms with Gasteiger partial charge < -0.3 is 16.8 Å². The van der Waals surface area contributed by atoms with E-state index < -0.39 is 9.84 Å². The molecule has 1 fully saturated rings. The molecule has 0 aliphatic heterocycles. The monoisotopic (exact) mass is 437 g/mol. The van der Waals surface area contributed by atoms with E-state index in [-0.39, 0.29) is 5.95 Å². The first-order valence-electron chi connectivity index (χ1n) is 10.4. The molecule has 0 amide bonds. The second-order valence-electron chi connectivity index (χ2n) is 8.06. The molecule has 0 radical (unpaired) electrons. The Kier molecular flexibility index (Phi) is 5.82. The zero-order chi connectivity index (χ0) is 22.0. The van der Waals surface area contributed by atoms with Crippen molar-refractivity contribution in [3.05, 3.63) is 59.8 Å². The van der Waals surface area contributed by atoms with Gasteiger partial charge in [-0.3, -0.25) is 0 Å². The third kappa shape index (κ3) is 4.80. The lowest BCUT2D eigenvalue weighted by Gasteiger charge is -2.17. The van der Waals surface area contributed by atoms with Crippen LogP contribution in [0.15, 0.2) is 53.4 Å². The molecule has 1 saturated carbocycles. The topological polar surface area (TPSA) is 124 Å². The standard InChI is InChI=1S/C23H27N5O2S/c1-31(29,30)19-12-6-15(7-13-19)14-26-18-10-8-16(9-11-18)20-21(17-4-2-3-5-17)27-23(25)28-22(20)24/h6-13,17,26H,2-5,14H2,1H3,(H4,24,25,27,28). The highest BCUT2D eigenvalue weighted by atomic mass is 32.2. The molecule has 0 saturated heterocycles. The first-order valence-corrected chi connectivity index (χ1v) is 12.3. The molecule has 0 bridgehead atoms. The van der Waals surface area contributed by atoms with Crippen LogP contribution in [0.5, 0.6) is 0 Å². The third-order valence-electron chi connectivity index (χ3n) is 5.75. The smallest absolute Gasteiger partial charge is 0.222 e. The van der Waals surface area contributed by atoms with Crippen molar-refractivity contribution in [1.29, 1.82) is 0 Å². The number of nitrogen functional groups attached to an aromatic ring is 2. The van der Waals surface area contributed by atoms with Crippen LogP contribution in [0.1, 0.15) is 42.9 Å². The number of nitrogens with zero attached hydrogens (tertiary/aromatic N) is 2. The van der Waals surface area contributed by atoms with E-state index in [1.807, 2.05) is 36.4 Å². The van der Waals surface area contributed by atoms with Crippen LogP contribution >= 0.6 is 0 Å². The van der Waals surface area contributed by atoms with Gasteiger partial charge in [0.25, 0.3) is 0 Å².